The Hall–Kier alpha value is -1.81. The fraction of sp³-hybridized carbons (Fsp3) is 0.200. The molecular formula is C10H7F2NO3S. The highest BCUT2D eigenvalue weighted by Gasteiger charge is 2.17. The summed E-state index contributed by atoms with van der Waals surface area (Å²) < 4.78 is 28.4. The van der Waals surface area contributed by atoms with Crippen LogP contribution in [0, 0.1) is 11.3 Å². The summed E-state index contributed by atoms with van der Waals surface area (Å²) in [4.78, 5) is 10.8. The summed E-state index contributed by atoms with van der Waals surface area (Å²) in [5.74, 6) is -1.58. The molecule has 0 aliphatic heterocycles. The monoisotopic (exact) mass is 259 g/mol. The first-order chi connectivity index (χ1) is 7.93. The number of carbonyl (C=O) groups is 1. The second kappa shape index (κ2) is 5.50. The summed E-state index contributed by atoms with van der Waals surface area (Å²) in [5, 5.41) is 17.4. The maximum absolute atomic E-state index is 12.1. The van der Waals surface area contributed by atoms with Crippen molar-refractivity contribution in [3.8, 4) is 11.8 Å². The first-order valence-electron chi connectivity index (χ1n) is 4.36. The quantitative estimate of drug-likeness (QED) is 0.812. The van der Waals surface area contributed by atoms with E-state index in [-0.39, 0.29) is 21.8 Å². The molecule has 7 heteroatoms. The second-order valence-electron chi connectivity index (χ2n) is 3.03. The molecule has 1 aromatic rings. The van der Waals surface area contributed by atoms with Crippen molar-refractivity contribution in [2.75, 3.05) is 0 Å². The summed E-state index contributed by atoms with van der Waals surface area (Å²) >= 11 is 3.91. The predicted molar refractivity (Wildman–Crippen MR) is 56.4 cm³/mol. The molecule has 0 heterocycles. The van der Waals surface area contributed by atoms with Crippen molar-refractivity contribution in [1.82, 2.24) is 0 Å². The van der Waals surface area contributed by atoms with E-state index in [4.69, 9.17) is 10.4 Å². The van der Waals surface area contributed by atoms with Crippen LogP contribution in [-0.4, -0.2) is 17.7 Å². The number of nitriles is 1. The van der Waals surface area contributed by atoms with Crippen LogP contribution in [0.1, 0.15) is 11.1 Å². The average molecular weight is 259 g/mol. The van der Waals surface area contributed by atoms with Crippen molar-refractivity contribution < 1.29 is 23.4 Å². The third-order valence-electron chi connectivity index (χ3n) is 1.86. The van der Waals surface area contributed by atoms with Crippen LogP contribution in [-0.2, 0) is 11.2 Å². The van der Waals surface area contributed by atoms with Gasteiger partial charge in [-0.3, -0.25) is 4.79 Å². The SMILES string of the molecule is N#Cc1cc(S)cc(OC(F)F)c1CC(=O)O. The van der Waals surface area contributed by atoms with Crippen LogP contribution in [0.25, 0.3) is 0 Å². The van der Waals surface area contributed by atoms with E-state index in [0.29, 0.717) is 0 Å². The molecule has 1 rings (SSSR count). The number of aliphatic carboxylic acids is 1. The van der Waals surface area contributed by atoms with E-state index in [1.165, 1.54) is 6.07 Å². The van der Waals surface area contributed by atoms with Gasteiger partial charge in [0, 0.05) is 10.5 Å². The van der Waals surface area contributed by atoms with Gasteiger partial charge in [0.25, 0.3) is 0 Å². The lowest BCUT2D eigenvalue weighted by atomic mass is 10.0. The molecule has 0 aromatic heterocycles. The number of rotatable bonds is 4. The summed E-state index contributed by atoms with van der Waals surface area (Å²) in [6, 6.07) is 4.16. The number of hydrogen-bond acceptors (Lipinski definition) is 4. The van der Waals surface area contributed by atoms with Crippen molar-refractivity contribution >= 4 is 18.6 Å². The lowest BCUT2D eigenvalue weighted by Crippen LogP contribution is -2.09. The highest BCUT2D eigenvalue weighted by atomic mass is 32.1. The van der Waals surface area contributed by atoms with Crippen LogP contribution in [0.3, 0.4) is 0 Å². The lowest BCUT2D eigenvalue weighted by Gasteiger charge is -2.11. The Morgan fingerprint density at radius 1 is 1.59 bits per heavy atom. The van der Waals surface area contributed by atoms with Gasteiger partial charge in [-0.15, -0.1) is 12.6 Å². The first-order valence-corrected chi connectivity index (χ1v) is 4.81. The number of carboxylic acids is 1. The van der Waals surface area contributed by atoms with Crippen LogP contribution in [0.15, 0.2) is 17.0 Å². The maximum atomic E-state index is 12.1. The molecular weight excluding hydrogens is 252 g/mol. The lowest BCUT2D eigenvalue weighted by molar-refractivity contribution is -0.136. The molecule has 0 spiro atoms. The Labute approximate surface area is 101 Å². The topological polar surface area (TPSA) is 70.3 Å². The van der Waals surface area contributed by atoms with Crippen LogP contribution in [0.5, 0.6) is 5.75 Å². The van der Waals surface area contributed by atoms with Gasteiger partial charge in [0.1, 0.15) is 5.75 Å². The minimum absolute atomic E-state index is 0.0458. The van der Waals surface area contributed by atoms with Crippen LogP contribution >= 0.6 is 12.6 Å². The van der Waals surface area contributed by atoms with Crippen LogP contribution in [0.4, 0.5) is 8.78 Å². The van der Waals surface area contributed by atoms with Crippen molar-refractivity contribution in [3.05, 3.63) is 23.3 Å². The van der Waals surface area contributed by atoms with Gasteiger partial charge in [-0.2, -0.15) is 14.0 Å². The molecule has 0 saturated heterocycles. The molecule has 0 atom stereocenters. The Morgan fingerprint density at radius 2 is 2.24 bits per heavy atom. The predicted octanol–water partition coefficient (Wildman–Crippen LogP) is 2.08. The molecule has 4 nitrogen and oxygen atoms in total. The molecule has 0 aliphatic carbocycles. The number of benzene rings is 1. The molecule has 0 aliphatic rings. The minimum Gasteiger partial charge on any atom is -0.481 e. The van der Waals surface area contributed by atoms with E-state index in [1.54, 1.807) is 6.07 Å². The number of alkyl halides is 2. The summed E-state index contributed by atoms with van der Waals surface area (Å²) in [6.07, 6.45) is -0.570. The molecule has 0 unspecified atom stereocenters. The molecule has 0 radical (unpaired) electrons. The normalized spacial score (nSPS) is 10.1. The number of carboxylic acid groups (broad SMARTS) is 1. The number of ether oxygens (including phenoxy) is 1. The summed E-state index contributed by atoms with van der Waals surface area (Å²) in [7, 11) is 0. The van der Waals surface area contributed by atoms with E-state index in [2.05, 4.69) is 17.4 Å². The molecule has 17 heavy (non-hydrogen) atoms. The van der Waals surface area contributed by atoms with Gasteiger partial charge in [-0.25, -0.2) is 0 Å². The van der Waals surface area contributed by atoms with Gasteiger partial charge in [0.15, 0.2) is 0 Å². The standard InChI is InChI=1S/C10H7F2NO3S/c11-10(12)16-8-2-6(17)1-5(4-13)7(8)3-9(14)15/h1-2,10,17H,3H2,(H,14,15). The molecule has 0 amide bonds. The second-order valence-corrected chi connectivity index (χ2v) is 3.55. The van der Waals surface area contributed by atoms with E-state index >= 15 is 0 Å². The fourth-order valence-corrected chi connectivity index (χ4v) is 1.51. The summed E-state index contributed by atoms with van der Waals surface area (Å²) in [6.45, 7) is -3.09. The molecule has 0 bridgehead atoms. The van der Waals surface area contributed by atoms with Gasteiger partial charge >= 0.3 is 12.6 Å². The zero-order chi connectivity index (χ0) is 13.0. The Morgan fingerprint density at radius 3 is 2.71 bits per heavy atom. The maximum Gasteiger partial charge on any atom is 0.387 e. The number of hydrogen-bond donors (Lipinski definition) is 2. The van der Waals surface area contributed by atoms with E-state index in [0.717, 1.165) is 6.07 Å². The van der Waals surface area contributed by atoms with Gasteiger partial charge in [0.2, 0.25) is 0 Å². The highest BCUT2D eigenvalue weighted by Crippen LogP contribution is 2.28. The molecule has 90 valence electrons. The van der Waals surface area contributed by atoms with Crippen molar-refractivity contribution in [1.29, 1.82) is 5.26 Å². The number of thiol groups is 1. The van der Waals surface area contributed by atoms with E-state index < -0.39 is 19.0 Å². The zero-order valence-corrected chi connectivity index (χ0v) is 9.25. The van der Waals surface area contributed by atoms with Gasteiger partial charge in [-0.05, 0) is 12.1 Å². The minimum atomic E-state index is -3.09. The van der Waals surface area contributed by atoms with E-state index in [9.17, 15) is 13.6 Å². The largest absolute Gasteiger partial charge is 0.481 e. The smallest absolute Gasteiger partial charge is 0.387 e. The van der Waals surface area contributed by atoms with Crippen molar-refractivity contribution in [2.24, 2.45) is 0 Å². The Balaban J connectivity index is 3.29. The zero-order valence-electron chi connectivity index (χ0n) is 8.35. The Kier molecular flexibility index (Phi) is 4.29. The van der Waals surface area contributed by atoms with Crippen molar-refractivity contribution in [2.45, 2.75) is 17.9 Å². The molecule has 1 N–H and O–H groups in total. The number of nitrogens with zero attached hydrogens (tertiary/aromatic N) is 1. The first kappa shape index (κ1) is 13.3. The van der Waals surface area contributed by atoms with Gasteiger partial charge < -0.3 is 9.84 Å². The molecule has 0 saturated carbocycles. The third-order valence-corrected chi connectivity index (χ3v) is 2.12. The van der Waals surface area contributed by atoms with Crippen LogP contribution in [0.2, 0.25) is 0 Å². The highest BCUT2D eigenvalue weighted by molar-refractivity contribution is 7.80. The molecule has 1 aromatic carbocycles. The number of halogens is 2. The molecule has 0 fully saturated rings. The van der Waals surface area contributed by atoms with E-state index in [1.807, 2.05) is 0 Å². The summed E-state index contributed by atoms with van der Waals surface area (Å²) in [5.41, 5.74) is -0.131. The van der Waals surface area contributed by atoms with Gasteiger partial charge in [-0.1, -0.05) is 0 Å². The third kappa shape index (κ3) is 3.60. The Bertz CT molecular complexity index is 485. The average Bonchev–Trinajstić information content (AvgIpc) is 2.20. The van der Waals surface area contributed by atoms with Gasteiger partial charge in [0.05, 0.1) is 18.1 Å². The van der Waals surface area contributed by atoms with Crippen molar-refractivity contribution in [3.63, 3.8) is 0 Å². The van der Waals surface area contributed by atoms with Crippen LogP contribution < -0.4 is 4.74 Å². The fourth-order valence-electron chi connectivity index (χ4n) is 1.27.